The van der Waals surface area contributed by atoms with Crippen LogP contribution in [0.4, 0.5) is 0 Å². The summed E-state index contributed by atoms with van der Waals surface area (Å²) in [7, 11) is 0. The first-order chi connectivity index (χ1) is 8.55. The van der Waals surface area contributed by atoms with Crippen LogP contribution in [0.1, 0.15) is 57.7 Å². The molecular formula is C13H24N4O. The molecule has 0 radical (unpaired) electrons. The highest BCUT2D eigenvalue weighted by atomic mass is 16.5. The predicted molar refractivity (Wildman–Crippen MR) is 70.2 cm³/mol. The third kappa shape index (κ3) is 2.72. The monoisotopic (exact) mass is 252 g/mol. The van der Waals surface area contributed by atoms with Gasteiger partial charge in [-0.05, 0) is 32.4 Å². The van der Waals surface area contributed by atoms with Gasteiger partial charge in [-0.15, -0.1) is 0 Å². The molecule has 2 heterocycles. The van der Waals surface area contributed by atoms with Crippen molar-refractivity contribution in [3.63, 3.8) is 0 Å². The molecule has 5 nitrogen and oxygen atoms in total. The second-order valence-corrected chi connectivity index (χ2v) is 5.55. The molecule has 102 valence electrons. The summed E-state index contributed by atoms with van der Waals surface area (Å²) in [5.41, 5.74) is 6.08. The Kier molecular flexibility index (Phi) is 4.02. The van der Waals surface area contributed by atoms with Gasteiger partial charge in [-0.3, -0.25) is 0 Å². The van der Waals surface area contributed by atoms with Crippen molar-refractivity contribution >= 4 is 0 Å². The van der Waals surface area contributed by atoms with E-state index in [-0.39, 0.29) is 5.92 Å². The standard InChI is InChI=1S/C13H24N4O/c1-4-17-8-5-6-13(14,7-9-17)12-15-11(10(2)3)18-16-12/h10H,4-9,14H2,1-3H3. The van der Waals surface area contributed by atoms with Crippen molar-refractivity contribution in [2.75, 3.05) is 19.6 Å². The summed E-state index contributed by atoms with van der Waals surface area (Å²) in [6.07, 6.45) is 2.92. The van der Waals surface area contributed by atoms with Crippen molar-refractivity contribution in [1.82, 2.24) is 15.0 Å². The molecule has 0 saturated carbocycles. The lowest BCUT2D eigenvalue weighted by molar-refractivity contribution is 0.282. The van der Waals surface area contributed by atoms with Crippen LogP contribution in [0.2, 0.25) is 0 Å². The van der Waals surface area contributed by atoms with Crippen LogP contribution in [0.3, 0.4) is 0 Å². The topological polar surface area (TPSA) is 68.2 Å². The molecule has 1 atom stereocenters. The van der Waals surface area contributed by atoms with Crippen molar-refractivity contribution in [3.8, 4) is 0 Å². The van der Waals surface area contributed by atoms with Crippen LogP contribution in [0.25, 0.3) is 0 Å². The van der Waals surface area contributed by atoms with Crippen LogP contribution < -0.4 is 5.73 Å². The Bertz CT molecular complexity index is 390. The van der Waals surface area contributed by atoms with E-state index in [1.807, 2.05) is 13.8 Å². The highest BCUT2D eigenvalue weighted by Crippen LogP contribution is 2.29. The van der Waals surface area contributed by atoms with E-state index in [2.05, 4.69) is 22.0 Å². The number of likely N-dealkylation sites (tertiary alicyclic amines) is 1. The van der Waals surface area contributed by atoms with Gasteiger partial charge >= 0.3 is 0 Å². The molecule has 1 saturated heterocycles. The van der Waals surface area contributed by atoms with E-state index in [1.165, 1.54) is 0 Å². The van der Waals surface area contributed by atoms with Gasteiger partial charge in [0.25, 0.3) is 0 Å². The van der Waals surface area contributed by atoms with Gasteiger partial charge in [-0.25, -0.2) is 0 Å². The zero-order valence-corrected chi connectivity index (χ0v) is 11.6. The summed E-state index contributed by atoms with van der Waals surface area (Å²) in [4.78, 5) is 6.91. The third-order valence-electron chi connectivity index (χ3n) is 3.80. The van der Waals surface area contributed by atoms with Crippen molar-refractivity contribution in [2.24, 2.45) is 5.73 Å². The highest BCUT2D eigenvalue weighted by Gasteiger charge is 2.34. The summed E-state index contributed by atoms with van der Waals surface area (Å²) >= 11 is 0. The van der Waals surface area contributed by atoms with E-state index in [0.717, 1.165) is 38.9 Å². The molecule has 0 aromatic carbocycles. The largest absolute Gasteiger partial charge is 0.339 e. The van der Waals surface area contributed by atoms with Gasteiger partial charge in [-0.1, -0.05) is 25.9 Å². The van der Waals surface area contributed by atoms with Crippen LogP contribution in [0.5, 0.6) is 0 Å². The Hall–Kier alpha value is -0.940. The van der Waals surface area contributed by atoms with E-state index in [1.54, 1.807) is 0 Å². The Morgan fingerprint density at radius 2 is 2.17 bits per heavy atom. The van der Waals surface area contributed by atoms with Gasteiger partial charge in [0.15, 0.2) is 5.82 Å². The average molecular weight is 252 g/mol. The number of nitrogens with zero attached hydrogens (tertiary/aromatic N) is 3. The fraction of sp³-hybridized carbons (Fsp3) is 0.846. The molecular weight excluding hydrogens is 228 g/mol. The minimum atomic E-state index is -0.416. The van der Waals surface area contributed by atoms with Crippen molar-refractivity contribution in [2.45, 2.75) is 51.5 Å². The first-order valence-corrected chi connectivity index (χ1v) is 6.90. The zero-order chi connectivity index (χ0) is 13.2. The lowest BCUT2D eigenvalue weighted by Gasteiger charge is -2.24. The second kappa shape index (κ2) is 5.36. The molecule has 0 amide bonds. The summed E-state index contributed by atoms with van der Waals surface area (Å²) in [6, 6.07) is 0. The SMILES string of the molecule is CCN1CCCC(N)(c2noc(C(C)C)n2)CC1. The quantitative estimate of drug-likeness (QED) is 0.889. The van der Waals surface area contributed by atoms with Gasteiger partial charge in [-0.2, -0.15) is 4.98 Å². The molecule has 1 unspecified atom stereocenters. The van der Waals surface area contributed by atoms with Crippen LogP contribution >= 0.6 is 0 Å². The van der Waals surface area contributed by atoms with Gasteiger partial charge in [0.2, 0.25) is 5.89 Å². The van der Waals surface area contributed by atoms with Crippen molar-refractivity contribution in [3.05, 3.63) is 11.7 Å². The molecule has 18 heavy (non-hydrogen) atoms. The lowest BCUT2D eigenvalue weighted by Crippen LogP contribution is -2.39. The average Bonchev–Trinajstić information content (AvgIpc) is 2.76. The minimum Gasteiger partial charge on any atom is -0.339 e. The zero-order valence-electron chi connectivity index (χ0n) is 11.6. The molecule has 0 aliphatic carbocycles. The lowest BCUT2D eigenvalue weighted by atomic mass is 9.91. The molecule has 0 spiro atoms. The maximum atomic E-state index is 6.50. The van der Waals surface area contributed by atoms with Crippen molar-refractivity contribution < 1.29 is 4.52 Å². The molecule has 5 heteroatoms. The molecule has 1 aliphatic heterocycles. The normalized spacial score (nSPS) is 26.5. The van der Waals surface area contributed by atoms with Crippen LogP contribution in [0, 0.1) is 0 Å². The Labute approximate surface area is 109 Å². The van der Waals surface area contributed by atoms with Crippen LogP contribution in [-0.2, 0) is 5.54 Å². The number of aromatic nitrogens is 2. The van der Waals surface area contributed by atoms with Crippen LogP contribution in [0.15, 0.2) is 4.52 Å². The van der Waals surface area contributed by atoms with Gasteiger partial charge in [0.05, 0.1) is 5.54 Å². The predicted octanol–water partition coefficient (Wildman–Crippen LogP) is 1.85. The minimum absolute atomic E-state index is 0.257. The molecule has 1 fully saturated rings. The van der Waals surface area contributed by atoms with E-state index in [4.69, 9.17) is 10.3 Å². The molecule has 1 aromatic heterocycles. The first-order valence-electron chi connectivity index (χ1n) is 6.90. The smallest absolute Gasteiger partial charge is 0.229 e. The number of rotatable bonds is 3. The molecule has 0 bridgehead atoms. The van der Waals surface area contributed by atoms with E-state index in [9.17, 15) is 0 Å². The molecule has 2 rings (SSSR count). The maximum absolute atomic E-state index is 6.50. The van der Waals surface area contributed by atoms with Gasteiger partial charge < -0.3 is 15.2 Å². The Balaban J connectivity index is 2.14. The summed E-state index contributed by atoms with van der Waals surface area (Å²) in [5.74, 6) is 1.63. The number of hydrogen-bond acceptors (Lipinski definition) is 5. The number of hydrogen-bond donors (Lipinski definition) is 1. The van der Waals surface area contributed by atoms with E-state index < -0.39 is 5.54 Å². The third-order valence-corrected chi connectivity index (χ3v) is 3.80. The van der Waals surface area contributed by atoms with Crippen LogP contribution in [-0.4, -0.2) is 34.7 Å². The highest BCUT2D eigenvalue weighted by molar-refractivity contribution is 5.06. The summed E-state index contributed by atoms with van der Waals surface area (Å²) in [6.45, 7) is 9.50. The van der Waals surface area contributed by atoms with Gasteiger partial charge in [0, 0.05) is 12.5 Å². The maximum Gasteiger partial charge on any atom is 0.229 e. The first kappa shape index (κ1) is 13.5. The van der Waals surface area contributed by atoms with E-state index >= 15 is 0 Å². The Morgan fingerprint density at radius 3 is 2.78 bits per heavy atom. The molecule has 1 aromatic rings. The Morgan fingerprint density at radius 1 is 1.39 bits per heavy atom. The van der Waals surface area contributed by atoms with Crippen molar-refractivity contribution in [1.29, 1.82) is 0 Å². The fourth-order valence-corrected chi connectivity index (χ4v) is 2.42. The molecule has 2 N–H and O–H groups in total. The summed E-state index contributed by atoms with van der Waals surface area (Å²) in [5, 5.41) is 4.10. The van der Waals surface area contributed by atoms with E-state index in [0.29, 0.717) is 11.7 Å². The number of nitrogens with two attached hydrogens (primary N) is 1. The summed E-state index contributed by atoms with van der Waals surface area (Å²) < 4.78 is 5.28. The fourth-order valence-electron chi connectivity index (χ4n) is 2.42. The van der Waals surface area contributed by atoms with Gasteiger partial charge in [0.1, 0.15) is 0 Å². The molecule has 1 aliphatic rings. The second-order valence-electron chi connectivity index (χ2n) is 5.55.